The van der Waals surface area contributed by atoms with Crippen LogP contribution in [-0.2, 0) is 32.6 Å². The van der Waals surface area contributed by atoms with Crippen molar-refractivity contribution in [2.45, 2.75) is 71.0 Å². The molecule has 7 nitrogen and oxygen atoms in total. The number of hydrogen-bond acceptors (Lipinski definition) is 4. The van der Waals surface area contributed by atoms with Gasteiger partial charge in [-0.3, -0.25) is 13.9 Å². The lowest BCUT2D eigenvalue weighted by Gasteiger charge is -2.34. The van der Waals surface area contributed by atoms with Crippen molar-refractivity contribution in [2.24, 2.45) is 0 Å². The largest absolute Gasteiger partial charge is 0.352 e. The Bertz CT molecular complexity index is 1800. The zero-order valence-corrected chi connectivity index (χ0v) is 29.7. The summed E-state index contributed by atoms with van der Waals surface area (Å²) in [4.78, 5) is 30.1. The van der Waals surface area contributed by atoms with E-state index in [0.717, 1.165) is 26.6 Å². The Hall–Kier alpha value is -3.85. The summed E-state index contributed by atoms with van der Waals surface area (Å²) in [5, 5.41) is 3.69. The molecule has 1 N–H and O–H groups in total. The molecule has 2 amide bonds. The molecule has 0 aliphatic heterocycles. The number of sulfonamides is 1. The monoisotopic (exact) mass is 693 g/mol. The number of hydrogen-bond donors (Lipinski definition) is 1. The highest BCUT2D eigenvalue weighted by Gasteiger charge is 2.35. The first-order valence-corrected chi connectivity index (χ1v) is 17.7. The first-order chi connectivity index (χ1) is 22.3. The SMILES string of the molecule is CCC(C)NC(=O)C(Cc1ccccc1)N(Cc1c(Cl)cccc1Cl)C(=O)CN(c1ccc(C)c(C)c1)S(=O)(=O)c1ccc(C)cc1. The van der Waals surface area contributed by atoms with Crippen LogP contribution in [0, 0.1) is 20.8 Å². The van der Waals surface area contributed by atoms with Crippen LogP contribution >= 0.6 is 23.2 Å². The third-order valence-electron chi connectivity index (χ3n) is 8.33. The molecule has 0 aliphatic carbocycles. The molecule has 2 unspecified atom stereocenters. The summed E-state index contributed by atoms with van der Waals surface area (Å²) in [7, 11) is -4.21. The average molecular weight is 695 g/mol. The smallest absolute Gasteiger partial charge is 0.264 e. The molecule has 0 aliphatic rings. The second-order valence-electron chi connectivity index (χ2n) is 11.8. The minimum absolute atomic E-state index is 0.0465. The van der Waals surface area contributed by atoms with E-state index in [9.17, 15) is 18.0 Å². The van der Waals surface area contributed by atoms with E-state index in [1.807, 2.05) is 71.0 Å². The average Bonchev–Trinajstić information content (AvgIpc) is 3.04. The lowest BCUT2D eigenvalue weighted by molar-refractivity contribution is -0.140. The quantitative estimate of drug-likeness (QED) is 0.156. The number of nitrogens with one attached hydrogen (secondary N) is 1. The predicted molar refractivity (Wildman–Crippen MR) is 190 cm³/mol. The van der Waals surface area contributed by atoms with Crippen LogP contribution in [0.5, 0.6) is 0 Å². The van der Waals surface area contributed by atoms with Crippen LogP contribution in [0.3, 0.4) is 0 Å². The van der Waals surface area contributed by atoms with Gasteiger partial charge in [0.25, 0.3) is 10.0 Å². The Kier molecular flexibility index (Phi) is 12.1. The number of halogens is 2. The van der Waals surface area contributed by atoms with Crippen LogP contribution in [-0.4, -0.2) is 43.8 Å². The molecule has 248 valence electrons. The molecule has 10 heteroatoms. The van der Waals surface area contributed by atoms with Gasteiger partial charge in [0.1, 0.15) is 12.6 Å². The van der Waals surface area contributed by atoms with Gasteiger partial charge in [-0.05, 0) is 87.2 Å². The Morgan fingerprint density at radius 3 is 2.06 bits per heavy atom. The van der Waals surface area contributed by atoms with Gasteiger partial charge in [-0.15, -0.1) is 0 Å². The number of anilines is 1. The van der Waals surface area contributed by atoms with Gasteiger partial charge in [0, 0.05) is 34.6 Å². The fourth-order valence-corrected chi connectivity index (χ4v) is 7.02. The molecule has 0 saturated carbocycles. The van der Waals surface area contributed by atoms with E-state index in [2.05, 4.69) is 5.32 Å². The number of nitrogens with zero attached hydrogens (tertiary/aromatic N) is 2. The Labute approximate surface area is 288 Å². The highest BCUT2D eigenvalue weighted by molar-refractivity contribution is 7.92. The van der Waals surface area contributed by atoms with Crippen LogP contribution < -0.4 is 9.62 Å². The summed E-state index contributed by atoms with van der Waals surface area (Å²) in [5.74, 6) is -0.950. The molecular weight excluding hydrogens is 653 g/mol. The highest BCUT2D eigenvalue weighted by atomic mass is 35.5. The number of aryl methyl sites for hydroxylation is 3. The highest BCUT2D eigenvalue weighted by Crippen LogP contribution is 2.30. The van der Waals surface area contributed by atoms with Crippen LogP contribution in [0.2, 0.25) is 10.0 Å². The summed E-state index contributed by atoms with van der Waals surface area (Å²) >= 11 is 13.2. The van der Waals surface area contributed by atoms with Gasteiger partial charge in [0.15, 0.2) is 0 Å². The molecule has 0 spiro atoms. The van der Waals surface area contributed by atoms with Crippen molar-refractivity contribution in [1.82, 2.24) is 10.2 Å². The number of carbonyl (C=O) groups excluding carboxylic acids is 2. The zero-order chi connectivity index (χ0) is 34.3. The maximum Gasteiger partial charge on any atom is 0.264 e. The first-order valence-electron chi connectivity index (χ1n) is 15.5. The molecule has 4 rings (SSSR count). The molecule has 0 bridgehead atoms. The molecule has 47 heavy (non-hydrogen) atoms. The minimum Gasteiger partial charge on any atom is -0.352 e. The van der Waals surface area contributed by atoms with Gasteiger partial charge < -0.3 is 10.2 Å². The Morgan fingerprint density at radius 1 is 0.830 bits per heavy atom. The van der Waals surface area contributed by atoms with Gasteiger partial charge in [-0.2, -0.15) is 0 Å². The minimum atomic E-state index is -4.21. The number of benzene rings is 4. The fourth-order valence-electron chi connectivity index (χ4n) is 5.10. The second-order valence-corrected chi connectivity index (χ2v) is 14.5. The van der Waals surface area contributed by atoms with Crippen molar-refractivity contribution in [2.75, 3.05) is 10.8 Å². The molecule has 4 aromatic rings. The first kappa shape index (κ1) is 36.0. The maximum atomic E-state index is 14.7. The van der Waals surface area contributed by atoms with Gasteiger partial charge in [-0.25, -0.2) is 8.42 Å². The van der Waals surface area contributed by atoms with E-state index in [1.165, 1.54) is 17.0 Å². The Morgan fingerprint density at radius 2 is 1.47 bits per heavy atom. The lowest BCUT2D eigenvalue weighted by Crippen LogP contribution is -2.54. The number of carbonyl (C=O) groups is 2. The summed E-state index contributed by atoms with van der Waals surface area (Å²) < 4.78 is 29.7. The second kappa shape index (κ2) is 15.8. The molecule has 0 saturated heterocycles. The van der Waals surface area contributed by atoms with Gasteiger partial charge >= 0.3 is 0 Å². The van der Waals surface area contributed by atoms with Crippen LogP contribution in [0.1, 0.15) is 48.1 Å². The van der Waals surface area contributed by atoms with E-state index in [0.29, 0.717) is 27.7 Å². The van der Waals surface area contributed by atoms with Crippen molar-refractivity contribution in [3.63, 3.8) is 0 Å². The van der Waals surface area contributed by atoms with Gasteiger partial charge in [0.05, 0.1) is 10.6 Å². The van der Waals surface area contributed by atoms with E-state index in [1.54, 1.807) is 42.5 Å². The number of amides is 2. The van der Waals surface area contributed by atoms with Crippen molar-refractivity contribution in [1.29, 1.82) is 0 Å². The topological polar surface area (TPSA) is 86.8 Å². The third kappa shape index (κ3) is 8.95. The molecule has 0 heterocycles. The molecule has 0 radical (unpaired) electrons. The van der Waals surface area contributed by atoms with Crippen molar-refractivity contribution < 1.29 is 18.0 Å². The summed E-state index contributed by atoms with van der Waals surface area (Å²) in [6, 6.07) is 25.0. The summed E-state index contributed by atoms with van der Waals surface area (Å²) in [6.45, 7) is 8.86. The van der Waals surface area contributed by atoms with Crippen molar-refractivity contribution >= 4 is 50.7 Å². The van der Waals surface area contributed by atoms with E-state index >= 15 is 0 Å². The molecule has 2 atom stereocenters. The predicted octanol–water partition coefficient (Wildman–Crippen LogP) is 7.67. The lowest BCUT2D eigenvalue weighted by atomic mass is 10.0. The van der Waals surface area contributed by atoms with E-state index in [4.69, 9.17) is 23.2 Å². The number of rotatable bonds is 13. The van der Waals surface area contributed by atoms with Gasteiger partial charge in [-0.1, -0.05) is 90.3 Å². The maximum absolute atomic E-state index is 14.7. The van der Waals surface area contributed by atoms with Crippen LogP contribution in [0.25, 0.3) is 0 Å². The van der Waals surface area contributed by atoms with Crippen LogP contribution in [0.4, 0.5) is 5.69 Å². The summed E-state index contributed by atoms with van der Waals surface area (Å²) in [5.41, 5.74) is 4.37. The van der Waals surface area contributed by atoms with Crippen LogP contribution in [0.15, 0.2) is 95.9 Å². The zero-order valence-electron chi connectivity index (χ0n) is 27.3. The fraction of sp³-hybridized carbons (Fsp3) is 0.297. The summed E-state index contributed by atoms with van der Waals surface area (Å²) in [6.07, 6.45) is 0.870. The third-order valence-corrected chi connectivity index (χ3v) is 10.8. The van der Waals surface area contributed by atoms with Gasteiger partial charge in [0.2, 0.25) is 11.8 Å². The molecule has 4 aromatic carbocycles. The van der Waals surface area contributed by atoms with E-state index < -0.39 is 28.5 Å². The molecule has 0 fully saturated rings. The molecular formula is C37H41Cl2N3O4S. The van der Waals surface area contributed by atoms with Crippen molar-refractivity contribution in [3.05, 3.63) is 129 Å². The Balaban J connectivity index is 1.86. The standard InChI is InChI=1S/C37H41Cl2N3O4S/c1-6-28(5)40-37(44)35(22-29-11-8-7-9-12-29)41(23-32-33(38)13-10-14-34(32)39)36(43)24-42(30-18-17-26(3)27(4)21-30)47(45,46)31-19-15-25(2)16-20-31/h7-21,28,35H,6,22-24H2,1-5H3,(H,40,44). The normalized spacial score (nSPS) is 12.7. The van der Waals surface area contributed by atoms with E-state index in [-0.39, 0.29) is 29.8 Å². The molecule has 0 aromatic heterocycles. The van der Waals surface area contributed by atoms with Crippen molar-refractivity contribution in [3.8, 4) is 0 Å².